The number of rotatable bonds is 3. The monoisotopic (exact) mass is 343 g/mol. The van der Waals surface area contributed by atoms with Crippen LogP contribution in [0.25, 0.3) is 0 Å². The number of urea groups is 1. The molecule has 1 aromatic heterocycles. The van der Waals surface area contributed by atoms with Crippen LogP contribution in [0.5, 0.6) is 0 Å². The van der Waals surface area contributed by atoms with Gasteiger partial charge in [0, 0.05) is 11.1 Å². The van der Waals surface area contributed by atoms with Crippen LogP contribution in [0.15, 0.2) is 10.7 Å². The quantitative estimate of drug-likeness (QED) is 0.780. The van der Waals surface area contributed by atoms with Crippen molar-refractivity contribution in [3.8, 4) is 0 Å². The third-order valence-corrected chi connectivity index (χ3v) is 4.64. The Kier molecular flexibility index (Phi) is 4.62. The van der Waals surface area contributed by atoms with E-state index in [-0.39, 0.29) is 12.6 Å². The number of hydrogen-bond donors (Lipinski definition) is 3. The van der Waals surface area contributed by atoms with Gasteiger partial charge in [-0.1, -0.05) is 0 Å². The summed E-state index contributed by atoms with van der Waals surface area (Å²) in [5.41, 5.74) is 1.72. The van der Waals surface area contributed by atoms with E-state index in [1.165, 1.54) is 0 Å². The minimum absolute atomic E-state index is 0.144. The smallest absolute Gasteiger partial charge is 0.319 e. The summed E-state index contributed by atoms with van der Waals surface area (Å²) in [6.45, 7) is 4.50. The van der Waals surface area contributed by atoms with Gasteiger partial charge in [0.15, 0.2) is 0 Å². The van der Waals surface area contributed by atoms with E-state index in [1.807, 2.05) is 13.8 Å². The molecule has 1 saturated heterocycles. The van der Waals surface area contributed by atoms with Gasteiger partial charge in [-0.15, -0.1) is 0 Å². The number of ether oxygens (including phenoxy) is 1. The molecule has 7 heteroatoms. The Bertz CT molecular complexity index is 516. The molecule has 0 aromatic carbocycles. The van der Waals surface area contributed by atoms with E-state index >= 15 is 0 Å². The van der Waals surface area contributed by atoms with Crippen LogP contribution < -0.4 is 10.6 Å². The molecule has 1 atom stereocenters. The number of nitrogens with zero attached hydrogens (tertiary/aromatic N) is 1. The second-order valence-electron chi connectivity index (χ2n) is 5.02. The highest BCUT2D eigenvalue weighted by Gasteiger charge is 2.35. The molecule has 2 amide bonds. The average molecular weight is 344 g/mol. The predicted molar refractivity (Wildman–Crippen MR) is 78.8 cm³/mol. The van der Waals surface area contributed by atoms with Crippen LogP contribution in [0.4, 0.5) is 10.5 Å². The van der Waals surface area contributed by atoms with E-state index in [1.54, 1.807) is 6.20 Å². The number of hydrogen-bond acceptors (Lipinski definition) is 4. The Morgan fingerprint density at radius 2 is 2.35 bits per heavy atom. The minimum Gasteiger partial charge on any atom is -0.394 e. The molecule has 0 spiro atoms. The lowest BCUT2D eigenvalue weighted by Gasteiger charge is -2.26. The largest absolute Gasteiger partial charge is 0.394 e. The van der Waals surface area contributed by atoms with E-state index in [4.69, 9.17) is 4.74 Å². The fraction of sp³-hybridized carbons (Fsp3) is 0.538. The highest BCUT2D eigenvalue weighted by molar-refractivity contribution is 9.10. The summed E-state index contributed by atoms with van der Waals surface area (Å²) in [5, 5.41) is 15.0. The number of pyridine rings is 1. The van der Waals surface area contributed by atoms with E-state index in [2.05, 4.69) is 31.5 Å². The van der Waals surface area contributed by atoms with Crippen LogP contribution in [0, 0.1) is 13.8 Å². The lowest BCUT2D eigenvalue weighted by atomic mass is 10.0. The molecular weight excluding hydrogens is 326 g/mol. The predicted octanol–water partition coefficient (Wildman–Crippen LogP) is 1.73. The summed E-state index contributed by atoms with van der Waals surface area (Å²) in [6.07, 6.45) is 2.22. The fourth-order valence-corrected chi connectivity index (χ4v) is 2.41. The van der Waals surface area contributed by atoms with Crippen LogP contribution in [0.2, 0.25) is 0 Å². The minimum atomic E-state index is -0.687. The average Bonchev–Trinajstić information content (AvgIpc) is 2.88. The van der Waals surface area contributed by atoms with Gasteiger partial charge in [-0.05, 0) is 41.8 Å². The summed E-state index contributed by atoms with van der Waals surface area (Å²) in [5.74, 6) is 0. The van der Waals surface area contributed by atoms with Crippen molar-refractivity contribution in [1.29, 1.82) is 0 Å². The number of aryl methyl sites for hydroxylation is 1. The number of amides is 2. The molecule has 0 radical (unpaired) electrons. The fourth-order valence-electron chi connectivity index (χ4n) is 2.09. The molecular formula is C13H18BrN3O3. The maximum atomic E-state index is 12.0. The summed E-state index contributed by atoms with van der Waals surface area (Å²) in [6, 6.07) is -0.370. The van der Waals surface area contributed by atoms with Crippen molar-refractivity contribution < 1.29 is 14.6 Å². The number of aromatic nitrogens is 1. The third-order valence-electron chi connectivity index (χ3n) is 3.47. The van der Waals surface area contributed by atoms with Gasteiger partial charge >= 0.3 is 6.03 Å². The lowest BCUT2D eigenvalue weighted by Crippen LogP contribution is -2.53. The van der Waals surface area contributed by atoms with Crippen molar-refractivity contribution in [2.24, 2.45) is 0 Å². The highest BCUT2D eigenvalue weighted by Crippen LogP contribution is 2.25. The van der Waals surface area contributed by atoms with Crippen molar-refractivity contribution in [2.75, 3.05) is 25.1 Å². The number of nitrogens with one attached hydrogen (secondary N) is 2. The van der Waals surface area contributed by atoms with E-state index in [9.17, 15) is 9.90 Å². The Balaban J connectivity index is 2.07. The van der Waals surface area contributed by atoms with Crippen molar-refractivity contribution in [2.45, 2.75) is 25.8 Å². The molecule has 1 unspecified atom stereocenters. The molecule has 1 aromatic rings. The van der Waals surface area contributed by atoms with Crippen LogP contribution in [-0.2, 0) is 4.74 Å². The second-order valence-corrected chi connectivity index (χ2v) is 5.81. The number of aliphatic hydroxyl groups excluding tert-OH is 1. The van der Waals surface area contributed by atoms with Gasteiger partial charge < -0.3 is 20.5 Å². The number of anilines is 1. The van der Waals surface area contributed by atoms with Crippen LogP contribution >= 0.6 is 15.9 Å². The van der Waals surface area contributed by atoms with Crippen molar-refractivity contribution in [3.05, 3.63) is 21.9 Å². The van der Waals surface area contributed by atoms with Crippen LogP contribution in [-0.4, -0.2) is 41.5 Å². The number of halogens is 1. The van der Waals surface area contributed by atoms with Gasteiger partial charge in [-0.2, -0.15) is 0 Å². The zero-order valence-electron chi connectivity index (χ0n) is 11.5. The molecule has 20 heavy (non-hydrogen) atoms. The Labute approximate surface area is 126 Å². The maximum Gasteiger partial charge on any atom is 0.319 e. The van der Waals surface area contributed by atoms with Gasteiger partial charge in [0.1, 0.15) is 0 Å². The van der Waals surface area contributed by atoms with Gasteiger partial charge in [0.2, 0.25) is 0 Å². The molecule has 2 heterocycles. The molecule has 110 valence electrons. The molecule has 6 nitrogen and oxygen atoms in total. The van der Waals surface area contributed by atoms with E-state index < -0.39 is 5.54 Å². The van der Waals surface area contributed by atoms with E-state index in [0.29, 0.717) is 25.3 Å². The first-order valence-electron chi connectivity index (χ1n) is 6.37. The molecule has 0 aliphatic carbocycles. The van der Waals surface area contributed by atoms with Crippen molar-refractivity contribution >= 4 is 27.6 Å². The Morgan fingerprint density at radius 1 is 1.60 bits per heavy atom. The molecule has 1 fully saturated rings. The number of aliphatic hydroxyl groups is 1. The van der Waals surface area contributed by atoms with Crippen LogP contribution in [0.1, 0.15) is 17.7 Å². The summed E-state index contributed by atoms with van der Waals surface area (Å²) >= 11 is 3.44. The first-order chi connectivity index (χ1) is 9.47. The molecule has 0 bridgehead atoms. The maximum absolute atomic E-state index is 12.0. The first kappa shape index (κ1) is 15.2. The number of carbonyl (C=O) groups is 1. The second kappa shape index (κ2) is 6.07. The van der Waals surface area contributed by atoms with Crippen molar-refractivity contribution in [1.82, 2.24) is 10.3 Å². The van der Waals surface area contributed by atoms with Crippen molar-refractivity contribution in [3.63, 3.8) is 0 Å². The molecule has 0 saturated carbocycles. The number of carbonyl (C=O) groups excluding carboxylic acids is 1. The Hall–Kier alpha value is -1.18. The van der Waals surface area contributed by atoms with Gasteiger partial charge in [0.25, 0.3) is 0 Å². The summed E-state index contributed by atoms with van der Waals surface area (Å²) in [7, 11) is 0. The zero-order valence-corrected chi connectivity index (χ0v) is 13.1. The first-order valence-corrected chi connectivity index (χ1v) is 7.16. The van der Waals surface area contributed by atoms with Gasteiger partial charge in [-0.3, -0.25) is 4.98 Å². The summed E-state index contributed by atoms with van der Waals surface area (Å²) in [4.78, 5) is 16.2. The topological polar surface area (TPSA) is 83.5 Å². The zero-order chi connectivity index (χ0) is 14.8. The van der Waals surface area contributed by atoms with Gasteiger partial charge in [0.05, 0.1) is 36.3 Å². The van der Waals surface area contributed by atoms with E-state index in [0.717, 1.165) is 15.7 Å². The SMILES string of the molecule is Cc1ncc(NC(=O)NC2(CO)CCOC2)c(C)c1Br. The third kappa shape index (κ3) is 3.11. The standard InChI is InChI=1S/C13H18BrN3O3/c1-8-10(5-15-9(2)11(8)14)16-12(19)17-13(6-18)3-4-20-7-13/h5,18H,3-4,6-7H2,1-2H3,(H2,16,17,19). The molecule has 3 N–H and O–H groups in total. The normalized spacial score (nSPS) is 21.8. The molecule has 1 aliphatic rings. The molecule has 2 rings (SSSR count). The Morgan fingerprint density at radius 3 is 2.95 bits per heavy atom. The van der Waals surface area contributed by atoms with Gasteiger partial charge in [-0.25, -0.2) is 4.79 Å². The summed E-state index contributed by atoms with van der Waals surface area (Å²) < 4.78 is 6.11. The van der Waals surface area contributed by atoms with Crippen LogP contribution in [0.3, 0.4) is 0 Å². The highest BCUT2D eigenvalue weighted by atomic mass is 79.9. The lowest BCUT2D eigenvalue weighted by molar-refractivity contribution is 0.126. The molecule has 1 aliphatic heterocycles.